The fraction of sp³-hybridized carbons (Fsp3) is 0.0286. The SMILES string of the molecule is c1ccc(-c2ccc(N3c4cc5c(cc4B4c6cc7c(cc6N(c6ccc8c(c6)C6(c9ccccc9-c9ccccc96)c6ccccc6-8)c6cc(-n8c9ccccc9c9ccccc98)cc3c64)C3(c4ccccc4-c4ccccc43)c3ccccc3-7)-c3ccccc3C53c4ccccc4-c4ccccc43)cc2)cc1. The third-order valence-electron chi connectivity index (χ3n) is 26.6. The van der Waals surface area contributed by atoms with Gasteiger partial charge in [0.25, 0.3) is 6.71 Å². The van der Waals surface area contributed by atoms with Crippen molar-refractivity contribution in [3.8, 4) is 83.6 Å². The maximum Gasteiger partial charge on any atom is 0.252 e. The molecule has 0 atom stereocenters. The Morgan fingerprint density at radius 2 is 0.486 bits per heavy atom. The number of hydrogen-bond acceptors (Lipinski definition) is 2. The van der Waals surface area contributed by atoms with Gasteiger partial charge in [-0.25, -0.2) is 0 Å². The van der Waals surface area contributed by atoms with E-state index in [0.717, 1.165) is 39.5 Å². The summed E-state index contributed by atoms with van der Waals surface area (Å²) in [4.78, 5) is 5.44. The highest BCUT2D eigenvalue weighted by molar-refractivity contribution is 7.00. The second-order valence-corrected chi connectivity index (χ2v) is 31.1. The quantitative estimate of drug-likeness (QED) is 0.163. The van der Waals surface area contributed by atoms with Gasteiger partial charge in [-0.1, -0.05) is 315 Å². The zero-order valence-corrected chi connectivity index (χ0v) is 59.2. The maximum atomic E-state index is 2.75. The second-order valence-electron chi connectivity index (χ2n) is 31.1. The normalized spacial score (nSPS) is 15.0. The van der Waals surface area contributed by atoms with E-state index >= 15 is 0 Å². The van der Waals surface area contributed by atoms with Crippen LogP contribution in [0.15, 0.2) is 376 Å². The van der Waals surface area contributed by atoms with Gasteiger partial charge in [-0.2, -0.15) is 0 Å². The molecule has 0 amide bonds. The van der Waals surface area contributed by atoms with E-state index in [1.54, 1.807) is 0 Å². The summed E-state index contributed by atoms with van der Waals surface area (Å²) in [6.45, 7) is -0.272. The number of aromatic nitrogens is 1. The second kappa shape index (κ2) is 20.8. The van der Waals surface area contributed by atoms with Gasteiger partial charge in [0, 0.05) is 44.9 Å². The first-order valence-corrected chi connectivity index (χ1v) is 38.4. The summed E-state index contributed by atoms with van der Waals surface area (Å²) in [5.41, 5.74) is 45.9. The Balaban J connectivity index is 0.837. The molecule has 0 bridgehead atoms. The van der Waals surface area contributed by atoms with Crippen LogP contribution in [0.3, 0.4) is 0 Å². The van der Waals surface area contributed by atoms with Gasteiger partial charge in [0.1, 0.15) is 0 Å². The van der Waals surface area contributed by atoms with Crippen molar-refractivity contribution in [1.29, 1.82) is 0 Å². The molecule has 0 fully saturated rings. The summed E-state index contributed by atoms with van der Waals surface area (Å²) < 4.78 is 2.57. The fourth-order valence-electron chi connectivity index (χ4n) is 22.7. The van der Waals surface area contributed by atoms with E-state index in [1.165, 1.54) is 183 Å². The third-order valence-corrected chi connectivity index (χ3v) is 26.6. The average molecular weight is 1380 g/mol. The molecule has 17 aromatic carbocycles. The standard InChI is InChI=1S/C105H62BN3/c1-2-26-63(27-3-1)64-50-52-65(53-51-64)107-98-61-92-80(75-35-11-22-46-89(75)104(92)84-41-17-6-30-70(84)71-31-7-18-42-85(71)104)59-94(98)106-95-60-81-76-36-12-23-47-90(76)105(86-43-19-8-32-72(86)73-33-9-20-44-87(73)105)93(81)62-99(95)108(101-58-67(57-100(107)102(101)106)109-96-48-24-13-37-78(96)79-38-14-25-49-97(79)109)66-54-55-77-74-34-10-21-45-88(74)103(91(77)56-66)82-39-15-4-28-68(82)69-29-5-16-40-83(69)103/h1-62H. The molecule has 0 saturated carbocycles. The molecule has 109 heavy (non-hydrogen) atoms. The molecule has 3 nitrogen and oxygen atoms in total. The van der Waals surface area contributed by atoms with Gasteiger partial charge in [0.2, 0.25) is 0 Å². The molecular weight excluding hydrogens is 1310 g/mol. The Labute approximate surface area is 631 Å². The molecule has 26 rings (SSSR count). The Bertz CT molecular complexity index is 6950. The highest BCUT2D eigenvalue weighted by Gasteiger charge is 2.58. The molecule has 0 radical (unpaired) electrons. The lowest BCUT2D eigenvalue weighted by Gasteiger charge is -2.45. The summed E-state index contributed by atoms with van der Waals surface area (Å²) in [7, 11) is 0. The average Bonchev–Trinajstić information content (AvgIpc) is 1.61. The molecule has 4 heteroatoms. The summed E-state index contributed by atoms with van der Waals surface area (Å²) in [6.07, 6.45) is 0. The minimum absolute atomic E-state index is 0.272. The largest absolute Gasteiger partial charge is 0.311 e. The lowest BCUT2D eigenvalue weighted by molar-refractivity contribution is 0.792. The topological polar surface area (TPSA) is 11.4 Å². The van der Waals surface area contributed by atoms with Gasteiger partial charge >= 0.3 is 0 Å². The van der Waals surface area contributed by atoms with Crippen molar-refractivity contribution in [3.63, 3.8) is 0 Å². The van der Waals surface area contributed by atoms with Crippen molar-refractivity contribution in [2.45, 2.75) is 16.2 Å². The van der Waals surface area contributed by atoms with Gasteiger partial charge in [0.15, 0.2) is 0 Å². The Kier molecular flexibility index (Phi) is 11.2. The predicted octanol–water partition coefficient (Wildman–Crippen LogP) is 23.6. The number of hydrogen-bond donors (Lipinski definition) is 0. The lowest BCUT2D eigenvalue weighted by Crippen LogP contribution is -2.61. The highest BCUT2D eigenvalue weighted by atomic mass is 15.2. The van der Waals surface area contributed by atoms with Gasteiger partial charge in [-0.3, -0.25) is 0 Å². The first-order chi connectivity index (χ1) is 54.1. The van der Waals surface area contributed by atoms with Crippen LogP contribution in [-0.2, 0) is 16.2 Å². The van der Waals surface area contributed by atoms with E-state index in [-0.39, 0.29) is 6.71 Å². The smallest absolute Gasteiger partial charge is 0.252 e. The van der Waals surface area contributed by atoms with Gasteiger partial charge in [-0.15, -0.1) is 0 Å². The summed E-state index contributed by atoms with van der Waals surface area (Å²) >= 11 is 0. The molecular formula is C105H62BN3. The van der Waals surface area contributed by atoms with Crippen LogP contribution in [0.25, 0.3) is 105 Å². The van der Waals surface area contributed by atoms with Crippen molar-refractivity contribution in [1.82, 2.24) is 4.57 Å². The predicted molar refractivity (Wildman–Crippen MR) is 449 cm³/mol. The van der Waals surface area contributed by atoms with Crippen molar-refractivity contribution in [3.05, 3.63) is 443 Å². The Hall–Kier alpha value is -13.8. The van der Waals surface area contributed by atoms with Gasteiger partial charge in [-0.05, 0) is 222 Å². The number of rotatable bonds is 4. The zero-order chi connectivity index (χ0) is 70.7. The molecule has 1 aromatic heterocycles. The van der Waals surface area contributed by atoms with E-state index in [0.29, 0.717) is 0 Å². The third kappa shape index (κ3) is 7.00. The lowest BCUT2D eigenvalue weighted by atomic mass is 9.33. The van der Waals surface area contributed by atoms with Gasteiger partial charge in [0.05, 0.1) is 33.0 Å². The summed E-state index contributed by atoms with van der Waals surface area (Å²) in [5.74, 6) is 0. The maximum absolute atomic E-state index is 2.75. The molecule has 18 aromatic rings. The molecule has 2 aliphatic heterocycles. The van der Waals surface area contributed by atoms with Crippen LogP contribution >= 0.6 is 0 Å². The number of nitrogens with zero attached hydrogens (tertiary/aromatic N) is 3. The zero-order valence-electron chi connectivity index (χ0n) is 59.2. The molecule has 0 saturated heterocycles. The minimum atomic E-state index is -0.628. The Morgan fingerprint density at radius 3 is 0.872 bits per heavy atom. The minimum Gasteiger partial charge on any atom is -0.311 e. The first kappa shape index (κ1) is 58.5. The van der Waals surface area contributed by atoms with Crippen LogP contribution in [0.2, 0.25) is 0 Å². The van der Waals surface area contributed by atoms with E-state index < -0.39 is 16.2 Å². The Morgan fingerprint density at radius 1 is 0.193 bits per heavy atom. The van der Waals surface area contributed by atoms with Crippen LogP contribution in [0, 0.1) is 0 Å². The summed E-state index contributed by atoms with van der Waals surface area (Å²) in [5, 5.41) is 2.44. The highest BCUT2D eigenvalue weighted by Crippen LogP contribution is 2.68. The van der Waals surface area contributed by atoms with Crippen LogP contribution < -0.4 is 26.2 Å². The van der Waals surface area contributed by atoms with E-state index in [9.17, 15) is 0 Å². The molecule has 3 heterocycles. The number of fused-ring (bicyclic) bond motifs is 37. The van der Waals surface area contributed by atoms with Crippen molar-refractivity contribution in [2.24, 2.45) is 0 Å². The van der Waals surface area contributed by atoms with E-state index in [1.807, 2.05) is 0 Å². The van der Waals surface area contributed by atoms with E-state index in [4.69, 9.17) is 0 Å². The molecule has 8 aliphatic rings. The van der Waals surface area contributed by atoms with Crippen LogP contribution in [0.5, 0.6) is 0 Å². The molecule has 0 unspecified atom stereocenters. The van der Waals surface area contributed by atoms with Crippen molar-refractivity contribution in [2.75, 3.05) is 9.80 Å². The monoisotopic (exact) mass is 1380 g/mol. The van der Waals surface area contributed by atoms with Gasteiger partial charge < -0.3 is 14.4 Å². The fourth-order valence-corrected chi connectivity index (χ4v) is 22.7. The van der Waals surface area contributed by atoms with Crippen LogP contribution in [-0.4, -0.2) is 11.3 Å². The number of para-hydroxylation sites is 2. The summed E-state index contributed by atoms with van der Waals surface area (Å²) in [6, 6.07) is 146. The molecule has 500 valence electrons. The molecule has 0 N–H and O–H groups in total. The van der Waals surface area contributed by atoms with Crippen LogP contribution in [0.4, 0.5) is 34.1 Å². The molecule has 3 spiro atoms. The molecule has 6 aliphatic carbocycles. The van der Waals surface area contributed by atoms with Crippen LogP contribution in [0.1, 0.15) is 66.8 Å². The number of benzene rings is 17. The van der Waals surface area contributed by atoms with Crippen molar-refractivity contribution < 1.29 is 0 Å². The van der Waals surface area contributed by atoms with E-state index in [2.05, 4.69) is 390 Å². The van der Waals surface area contributed by atoms with Crippen molar-refractivity contribution >= 4 is 79.0 Å². The first-order valence-electron chi connectivity index (χ1n) is 38.4. The number of anilines is 6.